The third kappa shape index (κ3) is 3.88. The number of carbonyl (C=O) groups excluding carboxylic acids is 1. The van der Waals surface area contributed by atoms with Crippen LogP contribution in [0.4, 0.5) is 10.1 Å². The first-order valence-electron chi connectivity index (χ1n) is 8.26. The van der Waals surface area contributed by atoms with E-state index in [1.807, 2.05) is 31.2 Å². The number of rotatable bonds is 4. The molecule has 26 heavy (non-hydrogen) atoms. The average Bonchev–Trinajstić information content (AvgIpc) is 2.62. The Morgan fingerprint density at radius 2 is 1.81 bits per heavy atom. The summed E-state index contributed by atoms with van der Waals surface area (Å²) < 4.78 is 15.1. The molecule has 0 aliphatic carbocycles. The molecule has 3 rings (SSSR count). The van der Waals surface area contributed by atoms with E-state index in [4.69, 9.17) is 0 Å². The third-order valence-electron chi connectivity index (χ3n) is 4.17. The molecule has 1 N–H and O–H groups in total. The summed E-state index contributed by atoms with van der Waals surface area (Å²) in [6, 6.07) is 15.4. The molecule has 0 radical (unpaired) electrons. The molecule has 0 fully saturated rings. The minimum atomic E-state index is -0.559. The number of aromatic nitrogens is 1. The van der Waals surface area contributed by atoms with Crippen LogP contribution in [0, 0.1) is 19.7 Å². The van der Waals surface area contributed by atoms with Gasteiger partial charge in [-0.3, -0.25) is 9.59 Å². The van der Waals surface area contributed by atoms with Crippen LogP contribution in [0.3, 0.4) is 0 Å². The predicted molar refractivity (Wildman–Crippen MR) is 100 cm³/mol. The number of halogens is 1. The van der Waals surface area contributed by atoms with Crippen molar-refractivity contribution < 1.29 is 9.18 Å². The predicted octanol–water partition coefficient (Wildman–Crippen LogP) is 3.90. The summed E-state index contributed by atoms with van der Waals surface area (Å²) in [5.41, 5.74) is 2.53. The monoisotopic (exact) mass is 350 g/mol. The number of anilines is 1. The fourth-order valence-corrected chi connectivity index (χ4v) is 2.59. The molecule has 0 atom stereocenters. The van der Waals surface area contributed by atoms with E-state index in [0.29, 0.717) is 17.8 Å². The van der Waals surface area contributed by atoms with Crippen molar-refractivity contribution in [3.05, 3.63) is 99.2 Å². The molecule has 3 aromatic rings. The highest BCUT2D eigenvalue weighted by molar-refractivity contribution is 6.03. The molecule has 1 heterocycles. The Balaban J connectivity index is 1.83. The second-order valence-corrected chi connectivity index (χ2v) is 6.26. The normalized spacial score (nSPS) is 10.6. The number of hydrogen-bond acceptors (Lipinski definition) is 2. The van der Waals surface area contributed by atoms with Crippen molar-refractivity contribution in [1.82, 2.24) is 4.57 Å². The maximum absolute atomic E-state index is 13.6. The zero-order chi connectivity index (χ0) is 18.7. The summed E-state index contributed by atoms with van der Waals surface area (Å²) in [5.74, 6) is -0.968. The summed E-state index contributed by atoms with van der Waals surface area (Å²) in [4.78, 5) is 25.1. The number of pyridine rings is 1. The molecule has 2 aromatic carbocycles. The summed E-state index contributed by atoms with van der Waals surface area (Å²) in [7, 11) is 0. The van der Waals surface area contributed by atoms with Crippen LogP contribution < -0.4 is 10.9 Å². The highest BCUT2D eigenvalue weighted by Crippen LogP contribution is 2.14. The van der Waals surface area contributed by atoms with Gasteiger partial charge >= 0.3 is 0 Å². The lowest BCUT2D eigenvalue weighted by Crippen LogP contribution is -2.29. The molecule has 132 valence electrons. The number of nitrogens with one attached hydrogen (secondary N) is 1. The quantitative estimate of drug-likeness (QED) is 0.776. The number of hydrogen-bond donors (Lipinski definition) is 1. The maximum Gasteiger partial charge on any atom is 0.263 e. The molecule has 4 nitrogen and oxygen atoms in total. The van der Waals surface area contributed by atoms with Crippen molar-refractivity contribution in [2.45, 2.75) is 20.4 Å². The van der Waals surface area contributed by atoms with Crippen LogP contribution in [0.15, 0.2) is 65.6 Å². The SMILES string of the molecule is Cc1ccc(Cn2cccc(C(=O)Nc3ccc(C)c(F)c3)c2=O)cc1. The summed E-state index contributed by atoms with van der Waals surface area (Å²) in [6.45, 7) is 4.01. The Kier molecular flexibility index (Phi) is 4.98. The molecule has 1 aromatic heterocycles. The largest absolute Gasteiger partial charge is 0.322 e. The Morgan fingerprint density at radius 1 is 1.08 bits per heavy atom. The minimum absolute atomic E-state index is 0.0144. The Labute approximate surface area is 150 Å². The van der Waals surface area contributed by atoms with Crippen LogP contribution in [-0.4, -0.2) is 10.5 Å². The van der Waals surface area contributed by atoms with E-state index < -0.39 is 17.3 Å². The number of nitrogens with zero attached hydrogens (tertiary/aromatic N) is 1. The molecule has 0 aliphatic heterocycles. The van der Waals surface area contributed by atoms with Gasteiger partial charge in [-0.1, -0.05) is 35.9 Å². The zero-order valence-electron chi connectivity index (χ0n) is 14.6. The number of carbonyl (C=O) groups is 1. The molecular weight excluding hydrogens is 331 g/mol. The van der Waals surface area contributed by atoms with Gasteiger partial charge in [-0.05, 0) is 49.2 Å². The standard InChI is InChI=1S/C21H19FN2O2/c1-14-5-8-16(9-6-14)13-24-11-3-4-18(21(24)26)20(25)23-17-10-7-15(2)19(22)12-17/h3-12H,13H2,1-2H3,(H,23,25). The topological polar surface area (TPSA) is 51.1 Å². The second-order valence-electron chi connectivity index (χ2n) is 6.26. The van der Waals surface area contributed by atoms with Gasteiger partial charge in [0.2, 0.25) is 0 Å². The number of aryl methyl sites for hydroxylation is 2. The molecule has 0 aliphatic rings. The van der Waals surface area contributed by atoms with Gasteiger partial charge in [0, 0.05) is 11.9 Å². The molecule has 5 heteroatoms. The van der Waals surface area contributed by atoms with E-state index >= 15 is 0 Å². The van der Waals surface area contributed by atoms with Crippen molar-refractivity contribution in [1.29, 1.82) is 0 Å². The van der Waals surface area contributed by atoms with Crippen LogP contribution >= 0.6 is 0 Å². The van der Waals surface area contributed by atoms with Gasteiger partial charge in [-0.15, -0.1) is 0 Å². The minimum Gasteiger partial charge on any atom is -0.322 e. The lowest BCUT2D eigenvalue weighted by atomic mass is 10.1. The van der Waals surface area contributed by atoms with Gasteiger partial charge in [-0.2, -0.15) is 0 Å². The van der Waals surface area contributed by atoms with E-state index in [1.54, 1.807) is 31.3 Å². The van der Waals surface area contributed by atoms with Crippen molar-refractivity contribution >= 4 is 11.6 Å². The molecule has 0 spiro atoms. The maximum atomic E-state index is 13.6. The van der Waals surface area contributed by atoms with Gasteiger partial charge < -0.3 is 9.88 Å². The van der Waals surface area contributed by atoms with Crippen molar-refractivity contribution in [3.63, 3.8) is 0 Å². The second kappa shape index (κ2) is 7.35. The van der Waals surface area contributed by atoms with E-state index in [1.165, 1.54) is 16.7 Å². The van der Waals surface area contributed by atoms with Gasteiger partial charge in [0.15, 0.2) is 0 Å². The van der Waals surface area contributed by atoms with Crippen LogP contribution in [0.1, 0.15) is 27.0 Å². The van der Waals surface area contributed by atoms with Crippen LogP contribution in [0.25, 0.3) is 0 Å². The third-order valence-corrected chi connectivity index (χ3v) is 4.17. The van der Waals surface area contributed by atoms with Gasteiger partial charge in [-0.25, -0.2) is 4.39 Å². The molecule has 0 saturated heterocycles. The van der Waals surface area contributed by atoms with E-state index in [0.717, 1.165) is 11.1 Å². The molecule has 0 bridgehead atoms. The van der Waals surface area contributed by atoms with Gasteiger partial charge in [0.1, 0.15) is 11.4 Å². The Morgan fingerprint density at radius 3 is 2.50 bits per heavy atom. The van der Waals surface area contributed by atoms with E-state index in [-0.39, 0.29) is 5.56 Å². The summed E-state index contributed by atoms with van der Waals surface area (Å²) >= 11 is 0. The smallest absolute Gasteiger partial charge is 0.263 e. The fourth-order valence-electron chi connectivity index (χ4n) is 2.59. The van der Waals surface area contributed by atoms with Crippen LogP contribution in [0.5, 0.6) is 0 Å². The van der Waals surface area contributed by atoms with Crippen molar-refractivity contribution in [2.24, 2.45) is 0 Å². The van der Waals surface area contributed by atoms with Crippen LogP contribution in [0.2, 0.25) is 0 Å². The van der Waals surface area contributed by atoms with Gasteiger partial charge in [0.05, 0.1) is 6.54 Å². The first-order chi connectivity index (χ1) is 12.4. The molecule has 0 saturated carbocycles. The molecular formula is C21H19FN2O2. The van der Waals surface area contributed by atoms with E-state index in [2.05, 4.69) is 5.32 Å². The van der Waals surface area contributed by atoms with Crippen molar-refractivity contribution in [3.8, 4) is 0 Å². The highest BCUT2D eigenvalue weighted by atomic mass is 19.1. The highest BCUT2D eigenvalue weighted by Gasteiger charge is 2.13. The zero-order valence-corrected chi connectivity index (χ0v) is 14.6. The first-order valence-corrected chi connectivity index (χ1v) is 8.26. The Hall–Kier alpha value is -3.21. The average molecular weight is 350 g/mol. The molecule has 0 unspecified atom stereocenters. The van der Waals surface area contributed by atoms with Gasteiger partial charge in [0.25, 0.3) is 11.5 Å². The number of amides is 1. The van der Waals surface area contributed by atoms with Crippen LogP contribution in [-0.2, 0) is 6.54 Å². The number of benzene rings is 2. The first kappa shape index (κ1) is 17.6. The van der Waals surface area contributed by atoms with Crippen molar-refractivity contribution in [2.75, 3.05) is 5.32 Å². The lowest BCUT2D eigenvalue weighted by Gasteiger charge is -2.10. The van der Waals surface area contributed by atoms with E-state index in [9.17, 15) is 14.0 Å². The summed E-state index contributed by atoms with van der Waals surface area (Å²) in [6.07, 6.45) is 1.64. The molecule has 1 amide bonds. The summed E-state index contributed by atoms with van der Waals surface area (Å²) in [5, 5.41) is 2.57. The Bertz CT molecular complexity index is 1010. The fraction of sp³-hybridized carbons (Fsp3) is 0.143. The lowest BCUT2D eigenvalue weighted by molar-refractivity contribution is 0.102.